The molecule has 0 bridgehead atoms. The first-order chi connectivity index (χ1) is 9.70. The van der Waals surface area contributed by atoms with Crippen LogP contribution in [0.15, 0.2) is 59.1 Å². The van der Waals surface area contributed by atoms with Gasteiger partial charge in [-0.25, -0.2) is 0 Å². The Bertz CT molecular complexity index is 596. The lowest BCUT2D eigenvalue weighted by Gasteiger charge is -2.11. The third-order valence-electron chi connectivity index (χ3n) is 2.82. The highest BCUT2D eigenvalue weighted by atomic mass is 79.9. The highest BCUT2D eigenvalue weighted by Gasteiger charge is 2.20. The van der Waals surface area contributed by atoms with Crippen molar-refractivity contribution in [2.75, 3.05) is 6.61 Å². The molecule has 0 heterocycles. The van der Waals surface area contributed by atoms with Gasteiger partial charge in [0.05, 0.1) is 0 Å². The molecule has 0 aliphatic carbocycles. The first kappa shape index (κ1) is 14.5. The number of ketones is 1. The summed E-state index contributed by atoms with van der Waals surface area (Å²) in [5, 5.41) is 0. The summed E-state index contributed by atoms with van der Waals surface area (Å²) in [6, 6.07) is 16.2. The van der Waals surface area contributed by atoms with Crippen molar-refractivity contribution in [3.05, 3.63) is 64.6 Å². The molecule has 0 fully saturated rings. The Hall–Kier alpha value is -1.94. The van der Waals surface area contributed by atoms with Crippen molar-refractivity contribution in [3.63, 3.8) is 0 Å². The Morgan fingerprint density at radius 2 is 1.90 bits per heavy atom. The first-order valence-corrected chi connectivity index (χ1v) is 6.91. The highest BCUT2D eigenvalue weighted by molar-refractivity contribution is 9.10. The Kier molecular flexibility index (Phi) is 5.07. The fourth-order valence-electron chi connectivity index (χ4n) is 1.80. The van der Waals surface area contributed by atoms with E-state index in [1.54, 1.807) is 30.3 Å². The van der Waals surface area contributed by atoms with Crippen molar-refractivity contribution in [1.82, 2.24) is 0 Å². The van der Waals surface area contributed by atoms with Crippen molar-refractivity contribution >= 4 is 28.0 Å². The number of Topliss-reactive ketones (excluding diaryl/α,β-unsaturated/α-hetero) is 1. The van der Waals surface area contributed by atoms with Gasteiger partial charge in [-0.2, -0.15) is 0 Å². The summed E-state index contributed by atoms with van der Waals surface area (Å²) >= 11 is 3.33. The third kappa shape index (κ3) is 3.78. The molecule has 0 saturated heterocycles. The Balaban J connectivity index is 2.04. The molecule has 0 radical (unpaired) electrons. The van der Waals surface area contributed by atoms with Crippen molar-refractivity contribution in [2.24, 2.45) is 0 Å². The molecule has 2 rings (SSSR count). The number of hydrogen-bond donors (Lipinski definition) is 0. The lowest BCUT2D eigenvalue weighted by Crippen LogP contribution is -2.21. The summed E-state index contributed by atoms with van der Waals surface area (Å²) in [4.78, 5) is 23.3. The normalized spacial score (nSPS) is 11.7. The molecule has 0 aliphatic rings. The molecule has 0 amide bonds. The van der Waals surface area contributed by atoms with Gasteiger partial charge in [0.25, 0.3) is 0 Å². The zero-order chi connectivity index (χ0) is 14.4. The van der Waals surface area contributed by atoms with Crippen LogP contribution in [0.4, 0.5) is 0 Å². The van der Waals surface area contributed by atoms with Crippen LogP contribution in [0.1, 0.15) is 11.5 Å². The number of aldehydes is 1. The van der Waals surface area contributed by atoms with E-state index < -0.39 is 5.92 Å². The number of carbonyl (C=O) groups is 2. The van der Waals surface area contributed by atoms with Gasteiger partial charge in [0.15, 0.2) is 5.78 Å². The summed E-state index contributed by atoms with van der Waals surface area (Å²) in [5.41, 5.74) is 0.663. The van der Waals surface area contributed by atoms with Crippen molar-refractivity contribution in [2.45, 2.75) is 5.92 Å². The monoisotopic (exact) mass is 332 g/mol. The van der Waals surface area contributed by atoms with E-state index in [9.17, 15) is 9.59 Å². The molecule has 102 valence electrons. The van der Waals surface area contributed by atoms with Crippen molar-refractivity contribution in [1.29, 1.82) is 0 Å². The second kappa shape index (κ2) is 7.01. The number of ether oxygens (including phenoxy) is 1. The molecule has 4 heteroatoms. The standard InChI is InChI=1S/C16H13BrO3/c17-13-6-4-5-12(9-13)15(10-18)16(19)11-20-14-7-2-1-3-8-14/h1-10,15H,11H2. The smallest absolute Gasteiger partial charge is 0.184 e. The molecule has 1 unspecified atom stereocenters. The molecule has 0 aliphatic heterocycles. The van der Waals surface area contributed by atoms with Crippen LogP contribution in [0.3, 0.4) is 0 Å². The van der Waals surface area contributed by atoms with Gasteiger partial charge in [-0.3, -0.25) is 4.79 Å². The minimum Gasteiger partial charge on any atom is -0.486 e. The number of benzene rings is 2. The summed E-state index contributed by atoms with van der Waals surface area (Å²) in [6.45, 7) is -0.125. The van der Waals surface area contributed by atoms with Crippen molar-refractivity contribution in [3.8, 4) is 5.75 Å². The molecule has 1 atom stereocenters. The third-order valence-corrected chi connectivity index (χ3v) is 3.31. The van der Waals surface area contributed by atoms with E-state index >= 15 is 0 Å². The number of rotatable bonds is 6. The van der Waals surface area contributed by atoms with E-state index in [1.807, 2.05) is 24.3 Å². The summed E-state index contributed by atoms with van der Waals surface area (Å²) in [6.07, 6.45) is 0.651. The Morgan fingerprint density at radius 3 is 2.55 bits per heavy atom. The lowest BCUT2D eigenvalue weighted by molar-refractivity contribution is -0.125. The van der Waals surface area contributed by atoms with Gasteiger partial charge >= 0.3 is 0 Å². The molecule has 20 heavy (non-hydrogen) atoms. The van der Waals surface area contributed by atoms with Crippen LogP contribution < -0.4 is 4.74 Å². The van der Waals surface area contributed by atoms with Crippen LogP contribution in [0.25, 0.3) is 0 Å². The van der Waals surface area contributed by atoms with Crippen LogP contribution in [0, 0.1) is 0 Å². The van der Waals surface area contributed by atoms with Crippen LogP contribution in [0.2, 0.25) is 0 Å². The van der Waals surface area contributed by atoms with Gasteiger partial charge in [0.2, 0.25) is 0 Å². The minimum absolute atomic E-state index is 0.125. The zero-order valence-electron chi connectivity index (χ0n) is 10.7. The molecular weight excluding hydrogens is 320 g/mol. The number of halogens is 1. The van der Waals surface area contributed by atoms with Crippen LogP contribution >= 0.6 is 15.9 Å². The Labute approximate surface area is 125 Å². The highest BCUT2D eigenvalue weighted by Crippen LogP contribution is 2.20. The number of para-hydroxylation sites is 1. The zero-order valence-corrected chi connectivity index (χ0v) is 12.2. The van der Waals surface area contributed by atoms with E-state index in [4.69, 9.17) is 4.74 Å². The second-order valence-electron chi connectivity index (χ2n) is 4.24. The first-order valence-electron chi connectivity index (χ1n) is 6.12. The summed E-state index contributed by atoms with van der Waals surface area (Å²) in [7, 11) is 0. The Morgan fingerprint density at radius 1 is 1.15 bits per heavy atom. The van der Waals surface area contributed by atoms with Crippen LogP contribution in [-0.2, 0) is 9.59 Å². The predicted molar refractivity (Wildman–Crippen MR) is 79.9 cm³/mol. The topological polar surface area (TPSA) is 43.4 Å². The van der Waals surface area contributed by atoms with E-state index in [2.05, 4.69) is 15.9 Å². The molecule has 0 saturated carbocycles. The predicted octanol–water partition coefficient (Wildman–Crippen LogP) is 3.38. The molecule has 0 aromatic heterocycles. The summed E-state index contributed by atoms with van der Waals surface area (Å²) < 4.78 is 6.21. The van der Waals surface area contributed by atoms with Crippen LogP contribution in [-0.4, -0.2) is 18.7 Å². The van der Waals surface area contributed by atoms with E-state index in [0.29, 0.717) is 17.6 Å². The number of hydrogen-bond acceptors (Lipinski definition) is 3. The van der Waals surface area contributed by atoms with E-state index in [1.165, 1.54) is 0 Å². The quantitative estimate of drug-likeness (QED) is 0.601. The van der Waals surface area contributed by atoms with Crippen LogP contribution in [0.5, 0.6) is 5.75 Å². The number of carbonyl (C=O) groups excluding carboxylic acids is 2. The largest absolute Gasteiger partial charge is 0.486 e. The molecule has 3 nitrogen and oxygen atoms in total. The maximum atomic E-state index is 12.1. The molecule has 2 aromatic rings. The minimum atomic E-state index is -0.795. The molecule has 2 aromatic carbocycles. The second-order valence-corrected chi connectivity index (χ2v) is 5.15. The van der Waals surface area contributed by atoms with Gasteiger partial charge in [-0.05, 0) is 29.8 Å². The fourth-order valence-corrected chi connectivity index (χ4v) is 2.22. The molecule has 0 spiro atoms. The molecule has 0 N–H and O–H groups in total. The lowest BCUT2D eigenvalue weighted by atomic mass is 9.97. The SMILES string of the molecule is O=CC(C(=O)COc1ccccc1)c1cccc(Br)c1. The fraction of sp³-hybridized carbons (Fsp3) is 0.125. The van der Waals surface area contributed by atoms with Gasteiger partial charge in [-0.15, -0.1) is 0 Å². The summed E-state index contributed by atoms with van der Waals surface area (Å²) in [5.74, 6) is -0.446. The van der Waals surface area contributed by atoms with E-state index in [0.717, 1.165) is 4.47 Å². The van der Waals surface area contributed by atoms with Gasteiger partial charge in [-0.1, -0.05) is 46.3 Å². The van der Waals surface area contributed by atoms with Gasteiger partial charge in [0.1, 0.15) is 24.6 Å². The van der Waals surface area contributed by atoms with Gasteiger partial charge < -0.3 is 9.53 Å². The average molecular weight is 333 g/mol. The van der Waals surface area contributed by atoms with Crippen molar-refractivity contribution < 1.29 is 14.3 Å². The van der Waals surface area contributed by atoms with E-state index in [-0.39, 0.29) is 12.4 Å². The maximum absolute atomic E-state index is 12.1. The van der Waals surface area contributed by atoms with Gasteiger partial charge in [0, 0.05) is 4.47 Å². The molecular formula is C16H13BrO3. The maximum Gasteiger partial charge on any atom is 0.184 e. The average Bonchev–Trinajstić information content (AvgIpc) is 2.47.